The predicted molar refractivity (Wildman–Crippen MR) is 79.3 cm³/mol. The van der Waals surface area contributed by atoms with E-state index in [-0.39, 0.29) is 17.9 Å². The lowest BCUT2D eigenvalue weighted by atomic mass is 10.0. The maximum Gasteiger partial charge on any atom is 0.218 e. The Morgan fingerprint density at radius 3 is 2.86 bits per heavy atom. The van der Waals surface area contributed by atoms with Crippen LogP contribution in [0.4, 0.5) is 8.78 Å². The van der Waals surface area contributed by atoms with Crippen LogP contribution in [0.25, 0.3) is 5.65 Å². The lowest BCUT2D eigenvalue weighted by Gasteiger charge is -2.08. The molecule has 0 atom stereocenters. The van der Waals surface area contributed by atoms with Gasteiger partial charge >= 0.3 is 0 Å². The van der Waals surface area contributed by atoms with Gasteiger partial charge in [-0.3, -0.25) is 4.40 Å². The molecule has 0 aliphatic rings. The van der Waals surface area contributed by atoms with Gasteiger partial charge in [0.25, 0.3) is 0 Å². The Morgan fingerprint density at radius 1 is 1.36 bits per heavy atom. The third kappa shape index (κ3) is 2.46. The van der Waals surface area contributed by atoms with Gasteiger partial charge in [-0.15, -0.1) is 0 Å². The number of aromatic nitrogens is 3. The van der Waals surface area contributed by atoms with E-state index in [1.165, 1.54) is 16.7 Å². The van der Waals surface area contributed by atoms with Crippen molar-refractivity contribution in [2.75, 3.05) is 0 Å². The van der Waals surface area contributed by atoms with Gasteiger partial charge in [-0.2, -0.15) is 9.65 Å². The van der Waals surface area contributed by atoms with Crippen LogP contribution < -0.4 is 0 Å². The Morgan fingerprint density at radius 2 is 2.14 bits per heavy atom. The lowest BCUT2D eigenvalue weighted by Crippen LogP contribution is -2.03. The second-order valence-corrected chi connectivity index (χ2v) is 5.68. The minimum atomic E-state index is -0.575. The Balaban J connectivity index is 2.15. The number of halogens is 3. The van der Waals surface area contributed by atoms with E-state index in [2.05, 4.69) is 25.9 Å². The topological polar surface area (TPSA) is 54.0 Å². The first-order chi connectivity index (χ1) is 10.5. The van der Waals surface area contributed by atoms with Crippen LogP contribution in [-0.2, 0) is 6.42 Å². The fourth-order valence-corrected chi connectivity index (χ4v) is 2.71. The standard InChI is InChI=1S/C15H9BrF2N4/c1-8-2-11(16)12(17)3-9(8)4-13-15-20-6-14(18)22(15)7-10(5-19)21-13/h2-3,6-7H,4H2,1H3. The molecular weight excluding hydrogens is 354 g/mol. The van der Waals surface area contributed by atoms with Gasteiger partial charge in [-0.05, 0) is 46.1 Å². The number of imidazole rings is 1. The maximum absolute atomic E-state index is 13.7. The van der Waals surface area contributed by atoms with Gasteiger partial charge in [-0.25, -0.2) is 14.4 Å². The smallest absolute Gasteiger partial charge is 0.218 e. The molecule has 7 heteroatoms. The second-order valence-electron chi connectivity index (χ2n) is 4.83. The van der Waals surface area contributed by atoms with Gasteiger partial charge in [0.1, 0.15) is 11.9 Å². The van der Waals surface area contributed by atoms with E-state index < -0.39 is 5.95 Å². The highest BCUT2D eigenvalue weighted by molar-refractivity contribution is 9.10. The van der Waals surface area contributed by atoms with E-state index in [0.717, 1.165) is 11.8 Å². The highest BCUT2D eigenvalue weighted by atomic mass is 79.9. The van der Waals surface area contributed by atoms with Gasteiger partial charge in [0, 0.05) is 12.6 Å². The summed E-state index contributed by atoms with van der Waals surface area (Å²) in [4.78, 5) is 8.15. The Bertz CT molecular complexity index is 927. The summed E-state index contributed by atoms with van der Waals surface area (Å²) >= 11 is 3.13. The average molecular weight is 363 g/mol. The number of hydrogen-bond acceptors (Lipinski definition) is 3. The molecule has 2 heterocycles. The van der Waals surface area contributed by atoms with Gasteiger partial charge in [0.2, 0.25) is 5.95 Å². The average Bonchev–Trinajstić information content (AvgIpc) is 2.86. The van der Waals surface area contributed by atoms with Crippen LogP contribution in [-0.4, -0.2) is 14.4 Å². The molecule has 3 aromatic rings. The normalized spacial score (nSPS) is 10.9. The van der Waals surface area contributed by atoms with Crippen molar-refractivity contribution in [2.45, 2.75) is 13.3 Å². The predicted octanol–water partition coefficient (Wildman–Crippen LogP) is 3.54. The quantitative estimate of drug-likeness (QED) is 0.700. The highest BCUT2D eigenvalue weighted by Gasteiger charge is 2.14. The maximum atomic E-state index is 13.7. The summed E-state index contributed by atoms with van der Waals surface area (Å²) in [5.74, 6) is -0.962. The molecule has 0 aliphatic heterocycles. The van der Waals surface area contributed by atoms with Crippen LogP contribution >= 0.6 is 15.9 Å². The summed E-state index contributed by atoms with van der Waals surface area (Å²) in [5.41, 5.74) is 2.39. The van der Waals surface area contributed by atoms with Crippen LogP contribution in [0, 0.1) is 30.0 Å². The number of rotatable bonds is 2. The van der Waals surface area contributed by atoms with Crippen LogP contribution in [0.1, 0.15) is 22.5 Å². The summed E-state index contributed by atoms with van der Waals surface area (Å²) in [7, 11) is 0. The van der Waals surface area contributed by atoms with Crippen molar-refractivity contribution in [3.8, 4) is 6.07 Å². The summed E-state index contributed by atoms with van der Waals surface area (Å²) < 4.78 is 29.0. The molecule has 3 rings (SSSR count). The van der Waals surface area contributed by atoms with E-state index in [1.807, 2.05) is 13.0 Å². The summed E-state index contributed by atoms with van der Waals surface area (Å²) in [6.45, 7) is 1.84. The van der Waals surface area contributed by atoms with E-state index in [1.54, 1.807) is 6.07 Å². The monoisotopic (exact) mass is 362 g/mol. The zero-order chi connectivity index (χ0) is 15.9. The molecule has 0 saturated heterocycles. The summed E-state index contributed by atoms with van der Waals surface area (Å²) in [6.07, 6.45) is 2.61. The van der Waals surface area contributed by atoms with Crippen LogP contribution in [0.3, 0.4) is 0 Å². The zero-order valence-electron chi connectivity index (χ0n) is 11.4. The second kappa shape index (κ2) is 5.46. The minimum absolute atomic E-state index is 0.0784. The molecule has 0 amide bonds. The lowest BCUT2D eigenvalue weighted by molar-refractivity contribution is 0.571. The van der Waals surface area contributed by atoms with Gasteiger partial charge in [0.05, 0.1) is 16.4 Å². The van der Waals surface area contributed by atoms with E-state index in [4.69, 9.17) is 5.26 Å². The van der Waals surface area contributed by atoms with E-state index in [0.29, 0.717) is 21.4 Å². The molecule has 0 radical (unpaired) electrons. The molecule has 0 bridgehead atoms. The first kappa shape index (κ1) is 14.6. The Hall–Kier alpha value is -2.33. The molecule has 2 aromatic heterocycles. The molecule has 0 fully saturated rings. The van der Waals surface area contributed by atoms with Crippen LogP contribution in [0.15, 0.2) is 29.0 Å². The molecule has 0 N–H and O–H groups in total. The highest BCUT2D eigenvalue weighted by Crippen LogP contribution is 2.23. The van der Waals surface area contributed by atoms with Crippen LogP contribution in [0.5, 0.6) is 0 Å². The van der Waals surface area contributed by atoms with E-state index in [9.17, 15) is 8.78 Å². The van der Waals surface area contributed by atoms with Crippen molar-refractivity contribution < 1.29 is 8.78 Å². The first-order valence-electron chi connectivity index (χ1n) is 6.36. The number of hydrogen-bond donors (Lipinski definition) is 0. The molecule has 1 aromatic carbocycles. The van der Waals surface area contributed by atoms with Crippen molar-refractivity contribution >= 4 is 21.6 Å². The zero-order valence-corrected chi connectivity index (χ0v) is 13.0. The van der Waals surface area contributed by atoms with E-state index >= 15 is 0 Å². The number of aryl methyl sites for hydroxylation is 1. The molecule has 0 unspecified atom stereocenters. The molecular formula is C15H9BrF2N4. The fourth-order valence-electron chi connectivity index (χ4n) is 2.25. The number of benzene rings is 1. The van der Waals surface area contributed by atoms with Gasteiger partial charge < -0.3 is 0 Å². The molecule has 0 spiro atoms. The van der Waals surface area contributed by atoms with Crippen molar-refractivity contribution in [3.63, 3.8) is 0 Å². The largest absolute Gasteiger partial charge is 0.272 e. The van der Waals surface area contributed by atoms with Crippen LogP contribution in [0.2, 0.25) is 0 Å². The molecule has 0 aliphatic carbocycles. The number of nitrogens with zero attached hydrogens (tertiary/aromatic N) is 4. The molecule has 0 saturated carbocycles. The molecule has 110 valence electrons. The molecule has 22 heavy (non-hydrogen) atoms. The van der Waals surface area contributed by atoms with Crippen molar-refractivity contribution in [2.24, 2.45) is 0 Å². The van der Waals surface area contributed by atoms with Gasteiger partial charge in [-0.1, -0.05) is 0 Å². The number of nitriles is 1. The van der Waals surface area contributed by atoms with Crippen molar-refractivity contribution in [3.05, 3.63) is 63.3 Å². The SMILES string of the molecule is Cc1cc(Br)c(F)cc1Cc1nc(C#N)cn2c(F)cnc12. The Kier molecular flexibility index (Phi) is 3.62. The summed E-state index contributed by atoms with van der Waals surface area (Å²) in [5, 5.41) is 9.02. The van der Waals surface area contributed by atoms with Crippen molar-refractivity contribution in [1.82, 2.24) is 14.4 Å². The number of fused-ring (bicyclic) bond motifs is 1. The molecule has 4 nitrogen and oxygen atoms in total. The summed E-state index contributed by atoms with van der Waals surface area (Å²) in [6, 6.07) is 4.96. The first-order valence-corrected chi connectivity index (χ1v) is 7.16. The minimum Gasteiger partial charge on any atom is -0.272 e. The van der Waals surface area contributed by atoms with Gasteiger partial charge in [0.15, 0.2) is 11.3 Å². The third-order valence-corrected chi connectivity index (χ3v) is 3.98. The van der Waals surface area contributed by atoms with Crippen molar-refractivity contribution in [1.29, 1.82) is 5.26 Å². The third-order valence-electron chi connectivity index (χ3n) is 3.37. The fraction of sp³-hybridized carbons (Fsp3) is 0.133. The Labute approximate surface area is 133 Å².